The molecule has 1 aliphatic rings. The molecule has 3 nitrogen and oxygen atoms in total. The zero-order chi connectivity index (χ0) is 14.0. The van der Waals surface area contributed by atoms with Crippen molar-refractivity contribution in [3.63, 3.8) is 0 Å². The van der Waals surface area contributed by atoms with Crippen LogP contribution in [0.25, 0.3) is 0 Å². The Balaban J connectivity index is 2.17. The summed E-state index contributed by atoms with van der Waals surface area (Å²) in [5.41, 5.74) is -0.105. The van der Waals surface area contributed by atoms with E-state index in [4.69, 9.17) is 9.84 Å². The first kappa shape index (κ1) is 13.8. The number of halogens is 1. The van der Waals surface area contributed by atoms with Crippen LogP contribution in [0.2, 0.25) is 0 Å². The van der Waals surface area contributed by atoms with Gasteiger partial charge in [-0.2, -0.15) is 0 Å². The Morgan fingerprint density at radius 2 is 2.05 bits per heavy atom. The van der Waals surface area contributed by atoms with Gasteiger partial charge in [0.15, 0.2) is 11.6 Å². The highest BCUT2D eigenvalue weighted by Crippen LogP contribution is 2.33. The topological polar surface area (TPSA) is 46.5 Å². The van der Waals surface area contributed by atoms with Crippen LogP contribution in [0.15, 0.2) is 18.2 Å². The molecule has 1 aliphatic carbocycles. The molecule has 0 aromatic heterocycles. The molecule has 3 atom stereocenters. The molecule has 0 radical (unpaired) electrons. The van der Waals surface area contributed by atoms with Crippen LogP contribution in [-0.4, -0.2) is 17.2 Å². The van der Waals surface area contributed by atoms with E-state index in [0.29, 0.717) is 11.8 Å². The highest BCUT2D eigenvalue weighted by molar-refractivity contribution is 5.90. The molecule has 0 spiro atoms. The number of hydrogen-bond acceptors (Lipinski definition) is 2. The number of benzene rings is 1. The molecule has 0 heterocycles. The van der Waals surface area contributed by atoms with E-state index in [2.05, 4.69) is 13.8 Å². The van der Waals surface area contributed by atoms with E-state index in [1.54, 1.807) is 0 Å². The van der Waals surface area contributed by atoms with Crippen molar-refractivity contribution in [2.75, 3.05) is 0 Å². The first-order valence-electron chi connectivity index (χ1n) is 6.67. The Morgan fingerprint density at radius 3 is 2.68 bits per heavy atom. The molecule has 0 saturated heterocycles. The summed E-state index contributed by atoms with van der Waals surface area (Å²) in [6.07, 6.45) is 2.62. The standard InChI is InChI=1S/C15H19FO3/c1-9-6-7-11(8-10(9)2)19-14-12(15(17)18)4-3-5-13(14)16/h3-5,9-11H,6-8H2,1-2H3,(H,17,18). The van der Waals surface area contributed by atoms with Crippen LogP contribution < -0.4 is 4.74 Å². The van der Waals surface area contributed by atoms with Crippen molar-refractivity contribution in [1.82, 2.24) is 0 Å². The number of carboxylic acids is 1. The number of aromatic carboxylic acids is 1. The third kappa shape index (κ3) is 3.06. The quantitative estimate of drug-likeness (QED) is 0.906. The molecule has 3 unspecified atom stereocenters. The van der Waals surface area contributed by atoms with Crippen molar-refractivity contribution >= 4 is 5.97 Å². The zero-order valence-corrected chi connectivity index (χ0v) is 11.2. The molecule has 1 aromatic carbocycles. The average Bonchev–Trinajstić information content (AvgIpc) is 2.36. The number of para-hydroxylation sites is 1. The minimum absolute atomic E-state index is 0.0961. The summed E-state index contributed by atoms with van der Waals surface area (Å²) in [4.78, 5) is 11.1. The second-order valence-electron chi connectivity index (χ2n) is 5.43. The van der Waals surface area contributed by atoms with E-state index >= 15 is 0 Å². The second-order valence-corrected chi connectivity index (χ2v) is 5.43. The molecule has 19 heavy (non-hydrogen) atoms. The van der Waals surface area contributed by atoms with Crippen LogP contribution in [-0.2, 0) is 0 Å². The van der Waals surface area contributed by atoms with Gasteiger partial charge in [0, 0.05) is 0 Å². The Morgan fingerprint density at radius 1 is 1.32 bits per heavy atom. The van der Waals surface area contributed by atoms with E-state index < -0.39 is 11.8 Å². The normalized spacial score (nSPS) is 27.0. The molecule has 1 fully saturated rings. The Labute approximate surface area is 112 Å². The first-order chi connectivity index (χ1) is 8.99. The lowest BCUT2D eigenvalue weighted by Gasteiger charge is -2.32. The molecule has 0 bridgehead atoms. The van der Waals surface area contributed by atoms with Crippen LogP contribution >= 0.6 is 0 Å². The number of carbonyl (C=O) groups is 1. The van der Waals surface area contributed by atoms with Gasteiger partial charge in [-0.05, 0) is 43.2 Å². The number of rotatable bonds is 3. The van der Waals surface area contributed by atoms with Gasteiger partial charge in [0.1, 0.15) is 5.56 Å². The van der Waals surface area contributed by atoms with Gasteiger partial charge in [0.05, 0.1) is 6.10 Å². The van der Waals surface area contributed by atoms with Crippen molar-refractivity contribution in [3.05, 3.63) is 29.6 Å². The van der Waals surface area contributed by atoms with Gasteiger partial charge < -0.3 is 9.84 Å². The molecular formula is C15H19FO3. The van der Waals surface area contributed by atoms with Crippen LogP contribution in [0.3, 0.4) is 0 Å². The van der Waals surface area contributed by atoms with Crippen molar-refractivity contribution < 1.29 is 19.0 Å². The van der Waals surface area contributed by atoms with Gasteiger partial charge in [-0.15, -0.1) is 0 Å². The van der Waals surface area contributed by atoms with Crippen LogP contribution in [0.1, 0.15) is 43.5 Å². The van der Waals surface area contributed by atoms with Gasteiger partial charge in [-0.1, -0.05) is 19.9 Å². The van der Waals surface area contributed by atoms with Crippen LogP contribution in [0, 0.1) is 17.7 Å². The molecule has 4 heteroatoms. The number of carboxylic acid groups (broad SMARTS) is 1. The van der Waals surface area contributed by atoms with Gasteiger partial charge in [-0.3, -0.25) is 0 Å². The maximum absolute atomic E-state index is 13.8. The summed E-state index contributed by atoms with van der Waals surface area (Å²) in [6, 6.07) is 3.99. The first-order valence-corrected chi connectivity index (χ1v) is 6.67. The minimum atomic E-state index is -1.16. The molecule has 104 valence electrons. The fourth-order valence-corrected chi connectivity index (χ4v) is 2.57. The molecule has 0 aliphatic heterocycles. The van der Waals surface area contributed by atoms with Crippen molar-refractivity contribution in [2.24, 2.45) is 11.8 Å². The molecule has 1 aromatic rings. The summed E-state index contributed by atoms with van der Waals surface area (Å²) >= 11 is 0. The van der Waals surface area contributed by atoms with Crippen molar-refractivity contribution in [3.8, 4) is 5.75 Å². The van der Waals surface area contributed by atoms with Crippen molar-refractivity contribution in [2.45, 2.75) is 39.2 Å². The monoisotopic (exact) mass is 266 g/mol. The Hall–Kier alpha value is -1.58. The van der Waals surface area contributed by atoms with Gasteiger partial charge in [0.25, 0.3) is 0 Å². The second kappa shape index (κ2) is 5.59. The SMILES string of the molecule is CC1CCC(Oc2c(F)cccc2C(=O)O)CC1C. The molecule has 2 rings (SSSR count). The highest BCUT2D eigenvalue weighted by atomic mass is 19.1. The van der Waals surface area contributed by atoms with E-state index in [1.807, 2.05) is 0 Å². The number of hydrogen-bond donors (Lipinski definition) is 1. The third-order valence-electron chi connectivity index (χ3n) is 4.03. The lowest BCUT2D eigenvalue weighted by molar-refractivity contribution is 0.0670. The van der Waals surface area contributed by atoms with Crippen LogP contribution in [0.5, 0.6) is 5.75 Å². The van der Waals surface area contributed by atoms with E-state index in [-0.39, 0.29) is 17.4 Å². The van der Waals surface area contributed by atoms with E-state index in [9.17, 15) is 9.18 Å². The van der Waals surface area contributed by atoms with E-state index in [0.717, 1.165) is 19.3 Å². The smallest absolute Gasteiger partial charge is 0.339 e. The largest absolute Gasteiger partial charge is 0.486 e. The maximum Gasteiger partial charge on any atom is 0.339 e. The molecular weight excluding hydrogens is 247 g/mol. The zero-order valence-electron chi connectivity index (χ0n) is 11.2. The Bertz CT molecular complexity index is 472. The number of ether oxygens (including phenoxy) is 1. The summed E-state index contributed by atoms with van der Waals surface area (Å²) in [6.45, 7) is 4.35. The highest BCUT2D eigenvalue weighted by Gasteiger charge is 2.27. The van der Waals surface area contributed by atoms with Gasteiger partial charge in [-0.25, -0.2) is 9.18 Å². The molecule has 0 amide bonds. The fraction of sp³-hybridized carbons (Fsp3) is 0.533. The van der Waals surface area contributed by atoms with Gasteiger partial charge >= 0.3 is 5.97 Å². The van der Waals surface area contributed by atoms with E-state index in [1.165, 1.54) is 18.2 Å². The third-order valence-corrected chi connectivity index (χ3v) is 4.03. The molecule has 1 N–H and O–H groups in total. The predicted octanol–water partition coefficient (Wildman–Crippen LogP) is 3.73. The van der Waals surface area contributed by atoms with Gasteiger partial charge in [0.2, 0.25) is 0 Å². The summed E-state index contributed by atoms with van der Waals surface area (Å²) in [5.74, 6) is -0.738. The maximum atomic E-state index is 13.8. The summed E-state index contributed by atoms with van der Waals surface area (Å²) in [7, 11) is 0. The average molecular weight is 266 g/mol. The van der Waals surface area contributed by atoms with Crippen LogP contribution in [0.4, 0.5) is 4.39 Å². The van der Waals surface area contributed by atoms with Crippen molar-refractivity contribution in [1.29, 1.82) is 0 Å². The Kier molecular flexibility index (Phi) is 4.08. The summed E-state index contributed by atoms with van der Waals surface area (Å²) in [5, 5.41) is 9.07. The fourth-order valence-electron chi connectivity index (χ4n) is 2.57. The molecule has 1 saturated carbocycles. The summed E-state index contributed by atoms with van der Waals surface area (Å²) < 4.78 is 19.4. The minimum Gasteiger partial charge on any atom is -0.486 e. The predicted molar refractivity (Wildman–Crippen MR) is 70.0 cm³/mol. The lowest BCUT2D eigenvalue weighted by atomic mass is 9.80. The lowest BCUT2D eigenvalue weighted by Crippen LogP contribution is -2.29.